The van der Waals surface area contributed by atoms with Crippen LogP contribution in [0.4, 0.5) is 11.8 Å². The third kappa shape index (κ3) is 6.55. The van der Waals surface area contributed by atoms with Gasteiger partial charge in [0.05, 0.1) is 7.11 Å². The molecule has 0 unspecified atom stereocenters. The van der Waals surface area contributed by atoms with Crippen molar-refractivity contribution in [2.24, 2.45) is 5.92 Å². The lowest BCUT2D eigenvalue weighted by atomic mass is 9.99. The molecule has 7 nitrogen and oxygen atoms in total. The van der Waals surface area contributed by atoms with Gasteiger partial charge in [0.2, 0.25) is 11.8 Å². The van der Waals surface area contributed by atoms with Gasteiger partial charge >= 0.3 is 0 Å². The van der Waals surface area contributed by atoms with E-state index in [1.165, 1.54) is 0 Å². The Morgan fingerprint density at radius 2 is 1.76 bits per heavy atom. The molecule has 0 amide bonds. The number of ether oxygens (including phenoxy) is 2. The standard InChI is InChI=1S/C25H29N5O2S/c1-18-12-14-30(15-13-18)22-16-23(32-21-6-4-3-5-7-21)28-24(27-22)29-25(33)26-17-19-8-10-20(31-2)11-9-19/h3-11,16,18H,12-15,17H2,1-2H3,(H2,26,27,28,29,33). The van der Waals surface area contributed by atoms with Crippen molar-refractivity contribution in [2.45, 2.75) is 26.3 Å². The summed E-state index contributed by atoms with van der Waals surface area (Å²) in [5.74, 6) is 4.00. The number of benzene rings is 2. The first-order valence-corrected chi connectivity index (χ1v) is 11.5. The quantitative estimate of drug-likeness (QED) is 0.475. The van der Waals surface area contributed by atoms with Crippen molar-refractivity contribution in [3.05, 3.63) is 66.2 Å². The molecule has 0 bridgehead atoms. The molecule has 2 heterocycles. The van der Waals surface area contributed by atoms with Gasteiger partial charge < -0.3 is 25.0 Å². The number of para-hydroxylation sites is 1. The SMILES string of the molecule is COc1ccc(CNC(=S)Nc2nc(Oc3ccccc3)cc(N3CCC(C)CC3)n2)cc1. The number of rotatable bonds is 7. The van der Waals surface area contributed by atoms with Gasteiger partial charge in [-0.1, -0.05) is 37.3 Å². The van der Waals surface area contributed by atoms with Gasteiger partial charge in [-0.15, -0.1) is 0 Å². The Bertz CT molecular complexity index is 1050. The van der Waals surface area contributed by atoms with Crippen molar-refractivity contribution in [3.63, 3.8) is 0 Å². The molecular weight excluding hydrogens is 434 g/mol. The van der Waals surface area contributed by atoms with Crippen LogP contribution in [0.5, 0.6) is 17.4 Å². The van der Waals surface area contributed by atoms with Crippen LogP contribution in [-0.2, 0) is 6.54 Å². The number of thiocarbonyl (C=S) groups is 1. The average molecular weight is 464 g/mol. The van der Waals surface area contributed by atoms with Gasteiger partial charge in [0.1, 0.15) is 17.3 Å². The maximum atomic E-state index is 6.01. The molecule has 1 fully saturated rings. The molecule has 0 saturated carbocycles. The maximum Gasteiger partial charge on any atom is 0.234 e. The Kier molecular flexibility index (Phi) is 7.57. The molecule has 8 heteroatoms. The lowest BCUT2D eigenvalue weighted by Gasteiger charge is -2.31. The summed E-state index contributed by atoms with van der Waals surface area (Å²) >= 11 is 5.49. The maximum absolute atomic E-state index is 6.01. The van der Waals surface area contributed by atoms with E-state index in [9.17, 15) is 0 Å². The van der Waals surface area contributed by atoms with Crippen molar-refractivity contribution in [3.8, 4) is 17.4 Å². The van der Waals surface area contributed by atoms with Gasteiger partial charge in [-0.2, -0.15) is 9.97 Å². The van der Waals surface area contributed by atoms with Crippen molar-refractivity contribution in [1.29, 1.82) is 0 Å². The minimum atomic E-state index is 0.407. The van der Waals surface area contributed by atoms with E-state index in [1.807, 2.05) is 60.7 Å². The minimum Gasteiger partial charge on any atom is -0.497 e. The molecule has 172 valence electrons. The van der Waals surface area contributed by atoms with E-state index in [0.29, 0.717) is 23.5 Å². The third-order valence-corrected chi connectivity index (χ3v) is 5.85. The van der Waals surface area contributed by atoms with Crippen molar-refractivity contribution in [2.75, 3.05) is 30.4 Å². The second-order valence-electron chi connectivity index (χ2n) is 8.13. The van der Waals surface area contributed by atoms with E-state index >= 15 is 0 Å². The number of nitrogens with zero attached hydrogens (tertiary/aromatic N) is 3. The molecule has 2 N–H and O–H groups in total. The fourth-order valence-corrected chi connectivity index (χ4v) is 3.76. The van der Waals surface area contributed by atoms with Gasteiger partial charge in [0.25, 0.3) is 0 Å². The Morgan fingerprint density at radius 1 is 1.03 bits per heavy atom. The Balaban J connectivity index is 1.47. The van der Waals surface area contributed by atoms with Crippen LogP contribution in [0.2, 0.25) is 0 Å². The molecule has 0 spiro atoms. The molecule has 4 rings (SSSR count). The van der Waals surface area contributed by atoms with Crippen LogP contribution >= 0.6 is 12.2 Å². The van der Waals surface area contributed by atoms with Crippen LogP contribution < -0.4 is 25.0 Å². The number of nitrogens with one attached hydrogen (secondary N) is 2. The number of aromatic nitrogens is 2. The van der Waals surface area contributed by atoms with Crippen LogP contribution in [0.1, 0.15) is 25.3 Å². The molecule has 1 aliphatic rings. The zero-order chi connectivity index (χ0) is 23.0. The molecule has 0 radical (unpaired) electrons. The van der Waals surface area contributed by atoms with Crippen molar-refractivity contribution in [1.82, 2.24) is 15.3 Å². The first-order valence-electron chi connectivity index (χ1n) is 11.1. The molecule has 0 aliphatic carbocycles. The molecular formula is C25H29N5O2S. The number of anilines is 2. The molecule has 2 aromatic carbocycles. The minimum absolute atomic E-state index is 0.407. The predicted octanol–water partition coefficient (Wildman–Crippen LogP) is 5.00. The largest absolute Gasteiger partial charge is 0.497 e. The number of hydrogen-bond donors (Lipinski definition) is 2. The highest BCUT2D eigenvalue weighted by atomic mass is 32.1. The normalized spacial score (nSPS) is 13.9. The highest BCUT2D eigenvalue weighted by Crippen LogP contribution is 2.27. The summed E-state index contributed by atoms with van der Waals surface area (Å²) in [6, 6.07) is 19.3. The van der Waals surface area contributed by atoms with Gasteiger partial charge in [-0.3, -0.25) is 0 Å². The molecule has 0 atom stereocenters. The summed E-state index contributed by atoms with van der Waals surface area (Å²) in [5, 5.41) is 6.77. The average Bonchev–Trinajstić information content (AvgIpc) is 2.84. The summed E-state index contributed by atoms with van der Waals surface area (Å²) in [7, 11) is 1.65. The summed E-state index contributed by atoms with van der Waals surface area (Å²) in [6.45, 7) is 4.79. The number of methoxy groups -OCH3 is 1. The topological polar surface area (TPSA) is 71.5 Å². The fraction of sp³-hybridized carbons (Fsp3) is 0.320. The van der Waals surface area contributed by atoms with Crippen LogP contribution in [0.25, 0.3) is 0 Å². The number of hydrogen-bond acceptors (Lipinski definition) is 6. The zero-order valence-electron chi connectivity index (χ0n) is 19.0. The lowest BCUT2D eigenvalue weighted by Crippen LogP contribution is -2.34. The van der Waals surface area contributed by atoms with Gasteiger partial charge in [-0.25, -0.2) is 0 Å². The predicted molar refractivity (Wildman–Crippen MR) is 135 cm³/mol. The molecule has 1 saturated heterocycles. The van der Waals surface area contributed by atoms with E-state index < -0.39 is 0 Å². The lowest BCUT2D eigenvalue weighted by molar-refractivity contribution is 0.414. The van der Waals surface area contributed by atoms with Crippen LogP contribution in [0, 0.1) is 5.92 Å². The van der Waals surface area contributed by atoms with E-state index in [-0.39, 0.29) is 0 Å². The van der Waals surface area contributed by atoms with Crippen LogP contribution in [0.3, 0.4) is 0 Å². The van der Waals surface area contributed by atoms with E-state index in [4.69, 9.17) is 26.7 Å². The third-order valence-electron chi connectivity index (χ3n) is 5.60. The summed E-state index contributed by atoms with van der Waals surface area (Å²) in [4.78, 5) is 11.5. The first-order chi connectivity index (χ1) is 16.1. The van der Waals surface area contributed by atoms with Crippen molar-refractivity contribution >= 4 is 29.1 Å². The Hall–Kier alpha value is -3.39. The molecule has 1 aromatic heterocycles. The fourth-order valence-electron chi connectivity index (χ4n) is 3.60. The Labute approximate surface area is 200 Å². The van der Waals surface area contributed by atoms with E-state index in [0.717, 1.165) is 54.7 Å². The second-order valence-corrected chi connectivity index (χ2v) is 8.54. The van der Waals surface area contributed by atoms with E-state index in [2.05, 4.69) is 27.4 Å². The van der Waals surface area contributed by atoms with E-state index in [1.54, 1.807) is 7.11 Å². The summed E-state index contributed by atoms with van der Waals surface area (Å²) in [6.07, 6.45) is 2.28. The first kappa shape index (κ1) is 22.8. The van der Waals surface area contributed by atoms with Crippen LogP contribution in [0.15, 0.2) is 60.7 Å². The highest BCUT2D eigenvalue weighted by Gasteiger charge is 2.19. The van der Waals surface area contributed by atoms with Gasteiger partial charge in [0.15, 0.2) is 5.11 Å². The Morgan fingerprint density at radius 3 is 2.45 bits per heavy atom. The highest BCUT2D eigenvalue weighted by molar-refractivity contribution is 7.80. The monoisotopic (exact) mass is 463 g/mol. The second kappa shape index (κ2) is 11.0. The zero-order valence-corrected chi connectivity index (χ0v) is 19.8. The van der Waals surface area contributed by atoms with Crippen molar-refractivity contribution < 1.29 is 9.47 Å². The summed E-state index contributed by atoms with van der Waals surface area (Å²) < 4.78 is 11.2. The number of piperidine rings is 1. The van der Waals surface area contributed by atoms with Gasteiger partial charge in [-0.05, 0) is 60.8 Å². The van der Waals surface area contributed by atoms with Crippen LogP contribution in [-0.4, -0.2) is 35.3 Å². The molecule has 1 aliphatic heterocycles. The van der Waals surface area contributed by atoms with Gasteiger partial charge in [0, 0.05) is 25.7 Å². The molecule has 33 heavy (non-hydrogen) atoms. The smallest absolute Gasteiger partial charge is 0.234 e. The molecule has 3 aromatic rings. The summed E-state index contributed by atoms with van der Waals surface area (Å²) in [5.41, 5.74) is 1.09.